The van der Waals surface area contributed by atoms with Crippen LogP contribution in [0.4, 0.5) is 0 Å². The van der Waals surface area contributed by atoms with Crippen molar-refractivity contribution in [3.05, 3.63) is 46.0 Å². The molecule has 5 heteroatoms. The molecule has 0 aliphatic rings. The van der Waals surface area contributed by atoms with Crippen LogP contribution in [0.1, 0.15) is 20.8 Å². The van der Waals surface area contributed by atoms with Gasteiger partial charge in [0.25, 0.3) is 5.91 Å². The molecule has 0 aliphatic heterocycles. The minimum Gasteiger partial charge on any atom is -0.472 e. The van der Waals surface area contributed by atoms with Crippen molar-refractivity contribution in [1.29, 1.82) is 0 Å². The lowest BCUT2D eigenvalue weighted by molar-refractivity contribution is 0.0955. The molecule has 0 radical (unpaired) electrons. The lowest BCUT2D eigenvalue weighted by Crippen LogP contribution is -2.16. The van der Waals surface area contributed by atoms with Crippen molar-refractivity contribution in [3.63, 3.8) is 0 Å². The Morgan fingerprint density at radius 3 is 3.12 bits per heavy atom. The van der Waals surface area contributed by atoms with E-state index in [1.807, 2.05) is 13.0 Å². The first-order valence-corrected chi connectivity index (χ1v) is 5.54. The second-order valence-corrected chi connectivity index (χ2v) is 4.32. The Balaban J connectivity index is 1.94. The number of hydrazone groups is 1. The summed E-state index contributed by atoms with van der Waals surface area (Å²) in [6, 6.07) is 3.58. The molecule has 1 N–H and O–H groups in total. The zero-order valence-corrected chi connectivity index (χ0v) is 9.45. The standard InChI is InChI=1S/C11H10N2O2S/c1-8-4-10(7-16-8)11(14)13-12-5-9-2-3-15-6-9/h2-7H,1H3,(H,13,14)/b12-5+. The average molecular weight is 234 g/mol. The molecule has 0 unspecified atom stereocenters. The summed E-state index contributed by atoms with van der Waals surface area (Å²) in [6.07, 6.45) is 4.62. The molecule has 4 nitrogen and oxygen atoms in total. The van der Waals surface area contributed by atoms with Crippen molar-refractivity contribution >= 4 is 23.5 Å². The summed E-state index contributed by atoms with van der Waals surface area (Å²) in [4.78, 5) is 12.6. The molecule has 82 valence electrons. The highest BCUT2D eigenvalue weighted by Crippen LogP contribution is 2.12. The van der Waals surface area contributed by atoms with Gasteiger partial charge < -0.3 is 4.42 Å². The molecule has 0 bridgehead atoms. The lowest BCUT2D eigenvalue weighted by Gasteiger charge is -1.94. The summed E-state index contributed by atoms with van der Waals surface area (Å²) in [5, 5.41) is 5.62. The Labute approximate surface area is 96.6 Å². The van der Waals surface area contributed by atoms with Crippen LogP contribution in [0.5, 0.6) is 0 Å². The first-order chi connectivity index (χ1) is 7.75. The maximum atomic E-state index is 11.5. The monoisotopic (exact) mass is 234 g/mol. The molecule has 0 fully saturated rings. The Bertz CT molecular complexity index is 500. The van der Waals surface area contributed by atoms with Gasteiger partial charge in [-0.2, -0.15) is 5.10 Å². The molecular weight excluding hydrogens is 224 g/mol. The van der Waals surface area contributed by atoms with Gasteiger partial charge in [0, 0.05) is 15.8 Å². The van der Waals surface area contributed by atoms with E-state index in [2.05, 4.69) is 10.5 Å². The smallest absolute Gasteiger partial charge is 0.272 e. The fourth-order valence-corrected chi connectivity index (χ4v) is 1.82. The molecule has 2 aromatic heterocycles. The number of hydrogen-bond acceptors (Lipinski definition) is 4. The number of furan rings is 1. The number of carbonyl (C=O) groups is 1. The van der Waals surface area contributed by atoms with Crippen LogP contribution in [-0.4, -0.2) is 12.1 Å². The van der Waals surface area contributed by atoms with Crippen LogP contribution in [0.15, 0.2) is 39.6 Å². The molecule has 16 heavy (non-hydrogen) atoms. The molecule has 0 saturated carbocycles. The Kier molecular flexibility index (Phi) is 3.16. The van der Waals surface area contributed by atoms with E-state index in [1.54, 1.807) is 24.0 Å². The third kappa shape index (κ3) is 2.58. The predicted molar refractivity (Wildman–Crippen MR) is 62.8 cm³/mol. The lowest BCUT2D eigenvalue weighted by atomic mass is 10.3. The fraction of sp³-hybridized carbons (Fsp3) is 0.0909. The Hall–Kier alpha value is -1.88. The molecule has 0 spiro atoms. The van der Waals surface area contributed by atoms with E-state index >= 15 is 0 Å². The quantitative estimate of drug-likeness (QED) is 0.655. The molecule has 0 aromatic carbocycles. The van der Waals surface area contributed by atoms with Gasteiger partial charge in [-0.3, -0.25) is 4.79 Å². The highest BCUT2D eigenvalue weighted by Gasteiger charge is 2.05. The average Bonchev–Trinajstić information content (AvgIpc) is 2.89. The van der Waals surface area contributed by atoms with E-state index in [1.165, 1.54) is 17.6 Å². The number of hydrogen-bond donors (Lipinski definition) is 1. The van der Waals surface area contributed by atoms with Crippen LogP contribution in [0.2, 0.25) is 0 Å². The normalized spacial score (nSPS) is 10.8. The summed E-state index contributed by atoms with van der Waals surface area (Å²) >= 11 is 1.54. The second kappa shape index (κ2) is 4.76. The van der Waals surface area contributed by atoms with Crippen molar-refractivity contribution in [2.45, 2.75) is 6.92 Å². The van der Waals surface area contributed by atoms with Crippen LogP contribution in [0.25, 0.3) is 0 Å². The third-order valence-corrected chi connectivity index (χ3v) is 2.78. The van der Waals surface area contributed by atoms with E-state index in [4.69, 9.17) is 4.42 Å². The molecule has 1 amide bonds. The summed E-state index contributed by atoms with van der Waals surface area (Å²) in [5.74, 6) is -0.205. The predicted octanol–water partition coefficient (Wildman–Crippen LogP) is 2.41. The first-order valence-electron chi connectivity index (χ1n) is 4.66. The molecule has 2 aromatic rings. The molecule has 2 heterocycles. The SMILES string of the molecule is Cc1cc(C(=O)N/N=C/c2ccoc2)cs1. The fourth-order valence-electron chi connectivity index (χ4n) is 1.14. The number of nitrogens with one attached hydrogen (secondary N) is 1. The number of aryl methyl sites for hydroxylation is 1. The number of amides is 1. The number of thiophene rings is 1. The highest BCUT2D eigenvalue weighted by molar-refractivity contribution is 7.10. The number of carbonyl (C=O) groups excluding carboxylic acids is 1. The van der Waals surface area contributed by atoms with E-state index in [0.717, 1.165) is 10.4 Å². The van der Waals surface area contributed by atoms with Gasteiger partial charge in [0.15, 0.2) is 0 Å². The van der Waals surface area contributed by atoms with Crippen molar-refractivity contribution in [2.24, 2.45) is 5.10 Å². The number of rotatable bonds is 3. The zero-order valence-electron chi connectivity index (χ0n) is 8.64. The van der Waals surface area contributed by atoms with Crippen LogP contribution in [0, 0.1) is 6.92 Å². The van der Waals surface area contributed by atoms with E-state index in [9.17, 15) is 4.79 Å². The van der Waals surface area contributed by atoms with Crippen LogP contribution < -0.4 is 5.43 Å². The van der Waals surface area contributed by atoms with Gasteiger partial charge in [-0.1, -0.05) is 0 Å². The van der Waals surface area contributed by atoms with Gasteiger partial charge in [0.05, 0.1) is 24.3 Å². The number of nitrogens with zero attached hydrogens (tertiary/aromatic N) is 1. The minimum atomic E-state index is -0.205. The van der Waals surface area contributed by atoms with Crippen molar-refractivity contribution < 1.29 is 9.21 Å². The second-order valence-electron chi connectivity index (χ2n) is 3.20. The van der Waals surface area contributed by atoms with Gasteiger partial charge in [0.1, 0.15) is 0 Å². The molecular formula is C11H10N2O2S. The molecule has 0 aliphatic carbocycles. The molecule has 2 rings (SSSR count). The summed E-state index contributed by atoms with van der Waals surface area (Å²) in [7, 11) is 0. The largest absolute Gasteiger partial charge is 0.472 e. The summed E-state index contributed by atoms with van der Waals surface area (Å²) in [6.45, 7) is 1.95. The maximum absolute atomic E-state index is 11.5. The van der Waals surface area contributed by atoms with Gasteiger partial charge in [0.2, 0.25) is 0 Å². The first kappa shape index (κ1) is 10.6. The van der Waals surface area contributed by atoms with Gasteiger partial charge in [-0.15, -0.1) is 11.3 Å². The van der Waals surface area contributed by atoms with Crippen LogP contribution in [0.3, 0.4) is 0 Å². The van der Waals surface area contributed by atoms with Crippen molar-refractivity contribution in [1.82, 2.24) is 5.43 Å². The Morgan fingerprint density at radius 1 is 1.62 bits per heavy atom. The minimum absolute atomic E-state index is 0.205. The van der Waals surface area contributed by atoms with E-state index in [0.29, 0.717) is 5.56 Å². The van der Waals surface area contributed by atoms with Gasteiger partial charge in [-0.25, -0.2) is 5.43 Å². The zero-order chi connectivity index (χ0) is 11.4. The topological polar surface area (TPSA) is 54.6 Å². The molecule has 0 atom stereocenters. The third-order valence-electron chi connectivity index (χ3n) is 1.92. The summed E-state index contributed by atoms with van der Waals surface area (Å²) < 4.78 is 4.86. The highest BCUT2D eigenvalue weighted by atomic mass is 32.1. The van der Waals surface area contributed by atoms with Crippen molar-refractivity contribution in [3.8, 4) is 0 Å². The van der Waals surface area contributed by atoms with Crippen LogP contribution in [-0.2, 0) is 0 Å². The van der Waals surface area contributed by atoms with E-state index in [-0.39, 0.29) is 5.91 Å². The van der Waals surface area contributed by atoms with Crippen LogP contribution >= 0.6 is 11.3 Å². The summed E-state index contributed by atoms with van der Waals surface area (Å²) in [5.41, 5.74) is 3.88. The van der Waals surface area contributed by atoms with Crippen molar-refractivity contribution in [2.75, 3.05) is 0 Å². The Morgan fingerprint density at radius 2 is 2.50 bits per heavy atom. The van der Waals surface area contributed by atoms with Gasteiger partial charge in [-0.05, 0) is 19.1 Å². The van der Waals surface area contributed by atoms with E-state index < -0.39 is 0 Å². The van der Waals surface area contributed by atoms with Gasteiger partial charge >= 0.3 is 0 Å². The molecule has 0 saturated heterocycles. The maximum Gasteiger partial charge on any atom is 0.272 e.